The van der Waals surface area contributed by atoms with Crippen LogP contribution in [-0.2, 0) is 11.2 Å². The van der Waals surface area contributed by atoms with Crippen molar-refractivity contribution in [2.24, 2.45) is 0 Å². The fourth-order valence-electron chi connectivity index (χ4n) is 0.960. The molecule has 0 N–H and O–H groups in total. The molecule has 0 aromatic carbocycles. The largest absolute Gasteiger partial charge is 0.303 e. The van der Waals surface area contributed by atoms with Crippen LogP contribution in [0.1, 0.15) is 5.69 Å². The van der Waals surface area contributed by atoms with Gasteiger partial charge in [0.1, 0.15) is 6.29 Å². The molecule has 2 aromatic rings. The second-order valence-electron chi connectivity index (χ2n) is 2.20. The van der Waals surface area contributed by atoms with Gasteiger partial charge < -0.3 is 4.79 Å². The maximum Gasteiger partial charge on any atom is 0.193 e. The van der Waals surface area contributed by atoms with Gasteiger partial charge in [-0.15, -0.1) is 11.3 Å². The maximum absolute atomic E-state index is 10.1. The average Bonchev–Trinajstić information content (AvgIpc) is 2.46. The number of rotatable bonds is 2. The molecule has 2 heterocycles. The highest BCUT2D eigenvalue weighted by Gasteiger charge is 1.99. The molecule has 0 fully saturated rings. The van der Waals surface area contributed by atoms with Crippen molar-refractivity contribution in [3.05, 3.63) is 23.5 Å². The van der Waals surface area contributed by atoms with E-state index in [0.29, 0.717) is 6.42 Å². The van der Waals surface area contributed by atoms with E-state index in [4.69, 9.17) is 0 Å². The average molecular weight is 166 g/mol. The van der Waals surface area contributed by atoms with E-state index in [1.54, 1.807) is 11.3 Å². The van der Waals surface area contributed by atoms with Crippen LogP contribution < -0.4 is 0 Å². The topological polar surface area (TPSA) is 34.4 Å². The van der Waals surface area contributed by atoms with Crippen molar-refractivity contribution < 1.29 is 4.79 Å². The summed E-state index contributed by atoms with van der Waals surface area (Å²) >= 11 is 1.57. The van der Waals surface area contributed by atoms with Crippen LogP contribution in [0.3, 0.4) is 0 Å². The van der Waals surface area contributed by atoms with Gasteiger partial charge in [-0.25, -0.2) is 4.98 Å². The van der Waals surface area contributed by atoms with Crippen molar-refractivity contribution in [1.82, 2.24) is 9.38 Å². The van der Waals surface area contributed by atoms with Gasteiger partial charge in [-0.1, -0.05) is 0 Å². The fraction of sp³-hybridized carbons (Fsp3) is 0.143. The molecule has 4 heteroatoms. The first kappa shape index (κ1) is 6.54. The Morgan fingerprint density at radius 3 is 3.36 bits per heavy atom. The van der Waals surface area contributed by atoms with E-state index in [9.17, 15) is 4.79 Å². The van der Waals surface area contributed by atoms with Crippen molar-refractivity contribution in [1.29, 1.82) is 0 Å². The molecule has 2 aromatic heterocycles. The minimum atomic E-state index is 0.411. The van der Waals surface area contributed by atoms with Crippen molar-refractivity contribution in [3.63, 3.8) is 0 Å². The summed E-state index contributed by atoms with van der Waals surface area (Å²) in [5, 5.41) is 1.97. The molecule has 0 spiro atoms. The zero-order valence-corrected chi connectivity index (χ0v) is 6.54. The molecule has 0 atom stereocenters. The predicted molar refractivity (Wildman–Crippen MR) is 42.8 cm³/mol. The van der Waals surface area contributed by atoms with Gasteiger partial charge in [0.2, 0.25) is 0 Å². The monoisotopic (exact) mass is 166 g/mol. The molecular weight excluding hydrogens is 160 g/mol. The Morgan fingerprint density at radius 1 is 1.73 bits per heavy atom. The van der Waals surface area contributed by atoms with E-state index < -0.39 is 0 Å². The van der Waals surface area contributed by atoms with Crippen molar-refractivity contribution in [2.45, 2.75) is 6.42 Å². The smallest absolute Gasteiger partial charge is 0.193 e. The number of carbonyl (C=O) groups is 1. The molecule has 3 nitrogen and oxygen atoms in total. The lowest BCUT2D eigenvalue weighted by atomic mass is 10.4. The molecule has 0 unspecified atom stereocenters. The Kier molecular flexibility index (Phi) is 1.47. The van der Waals surface area contributed by atoms with Crippen LogP contribution in [0.15, 0.2) is 17.8 Å². The van der Waals surface area contributed by atoms with Crippen LogP contribution in [0.5, 0.6) is 0 Å². The van der Waals surface area contributed by atoms with E-state index in [1.165, 1.54) is 0 Å². The maximum atomic E-state index is 10.1. The van der Waals surface area contributed by atoms with Crippen LogP contribution in [0.4, 0.5) is 0 Å². The van der Waals surface area contributed by atoms with Crippen LogP contribution in [0.2, 0.25) is 0 Å². The number of thiazole rings is 1. The van der Waals surface area contributed by atoms with Gasteiger partial charge in [-0.2, -0.15) is 0 Å². The zero-order chi connectivity index (χ0) is 7.68. The van der Waals surface area contributed by atoms with Gasteiger partial charge in [0.15, 0.2) is 4.96 Å². The van der Waals surface area contributed by atoms with Gasteiger partial charge in [0.25, 0.3) is 0 Å². The molecule has 0 aliphatic carbocycles. The lowest BCUT2D eigenvalue weighted by molar-refractivity contribution is -0.107. The molecule has 0 amide bonds. The Bertz CT molecular complexity index is 348. The van der Waals surface area contributed by atoms with Gasteiger partial charge >= 0.3 is 0 Å². The molecular formula is C7H6N2OS. The second-order valence-corrected chi connectivity index (χ2v) is 3.07. The first-order valence-corrected chi connectivity index (χ1v) is 4.13. The Balaban J connectivity index is 2.49. The lowest BCUT2D eigenvalue weighted by Crippen LogP contribution is -1.83. The van der Waals surface area contributed by atoms with Gasteiger partial charge in [0.05, 0.1) is 5.69 Å². The fourth-order valence-corrected chi connectivity index (χ4v) is 1.68. The normalized spacial score (nSPS) is 10.5. The number of hydrogen-bond acceptors (Lipinski definition) is 3. The Hall–Kier alpha value is -1.16. The minimum Gasteiger partial charge on any atom is -0.303 e. The molecule has 11 heavy (non-hydrogen) atoms. The summed E-state index contributed by atoms with van der Waals surface area (Å²) in [6.45, 7) is 0. The number of carbonyl (C=O) groups excluding carboxylic acids is 1. The third-order valence-corrected chi connectivity index (χ3v) is 2.21. The number of aromatic nitrogens is 2. The number of imidazole rings is 1. The Labute approximate surface area is 67.3 Å². The van der Waals surface area contributed by atoms with Gasteiger partial charge in [0, 0.05) is 24.2 Å². The van der Waals surface area contributed by atoms with Crippen LogP contribution >= 0.6 is 11.3 Å². The predicted octanol–water partition coefficient (Wildman–Crippen LogP) is 1.14. The number of nitrogens with zero attached hydrogens (tertiary/aromatic N) is 2. The van der Waals surface area contributed by atoms with Crippen molar-refractivity contribution in [2.75, 3.05) is 0 Å². The molecule has 0 saturated carbocycles. The minimum absolute atomic E-state index is 0.411. The lowest BCUT2D eigenvalue weighted by Gasteiger charge is -1.78. The molecule has 56 valence electrons. The molecule has 0 aliphatic rings. The summed E-state index contributed by atoms with van der Waals surface area (Å²) in [5.74, 6) is 0. The Morgan fingerprint density at radius 2 is 2.64 bits per heavy atom. The summed E-state index contributed by atoms with van der Waals surface area (Å²) < 4.78 is 1.92. The second kappa shape index (κ2) is 2.47. The van der Waals surface area contributed by atoms with Crippen LogP contribution in [0, 0.1) is 0 Å². The SMILES string of the molecule is O=CCc1cn2ccsc2n1. The van der Waals surface area contributed by atoms with Crippen LogP contribution in [-0.4, -0.2) is 15.7 Å². The zero-order valence-electron chi connectivity index (χ0n) is 5.73. The summed E-state index contributed by atoms with van der Waals surface area (Å²) in [6.07, 6.45) is 5.09. The molecule has 0 bridgehead atoms. The number of fused-ring (bicyclic) bond motifs is 1. The van der Waals surface area contributed by atoms with Gasteiger partial charge in [-0.3, -0.25) is 4.40 Å². The summed E-state index contributed by atoms with van der Waals surface area (Å²) in [6, 6.07) is 0. The molecule has 0 aliphatic heterocycles. The molecule has 2 rings (SSSR count). The van der Waals surface area contributed by atoms with Crippen LogP contribution in [0.25, 0.3) is 4.96 Å². The number of aldehydes is 1. The van der Waals surface area contributed by atoms with E-state index in [-0.39, 0.29) is 0 Å². The van der Waals surface area contributed by atoms with E-state index in [2.05, 4.69) is 4.98 Å². The van der Waals surface area contributed by atoms with E-state index in [0.717, 1.165) is 16.9 Å². The summed E-state index contributed by atoms with van der Waals surface area (Å²) in [5.41, 5.74) is 0.840. The van der Waals surface area contributed by atoms with E-state index in [1.807, 2.05) is 22.2 Å². The summed E-state index contributed by atoms with van der Waals surface area (Å²) in [4.78, 5) is 15.3. The molecule has 0 radical (unpaired) electrons. The standard InChI is InChI=1S/C7H6N2OS/c10-3-1-6-5-9-2-4-11-7(9)8-6/h2-5H,1H2. The highest BCUT2D eigenvalue weighted by Crippen LogP contribution is 2.10. The van der Waals surface area contributed by atoms with E-state index >= 15 is 0 Å². The molecule has 0 saturated heterocycles. The van der Waals surface area contributed by atoms with Crippen molar-refractivity contribution in [3.8, 4) is 0 Å². The third kappa shape index (κ3) is 1.05. The first-order valence-electron chi connectivity index (χ1n) is 3.25. The highest BCUT2D eigenvalue weighted by molar-refractivity contribution is 7.15. The third-order valence-electron chi connectivity index (χ3n) is 1.44. The number of hydrogen-bond donors (Lipinski definition) is 0. The summed E-state index contributed by atoms with van der Waals surface area (Å²) in [7, 11) is 0. The highest BCUT2D eigenvalue weighted by atomic mass is 32.1. The quantitative estimate of drug-likeness (QED) is 0.627. The first-order chi connectivity index (χ1) is 5.40. The van der Waals surface area contributed by atoms with Gasteiger partial charge in [-0.05, 0) is 0 Å². The van der Waals surface area contributed by atoms with Crippen molar-refractivity contribution >= 4 is 22.6 Å².